The van der Waals surface area contributed by atoms with Gasteiger partial charge in [0.1, 0.15) is 11.6 Å². The molecular weight excluding hydrogens is 439 g/mol. The SMILES string of the molecule is CCNC(=NCCCc1nnc2n1CCCCC2)NC1CCCCC1.I. The van der Waals surface area contributed by atoms with Crippen molar-refractivity contribution in [1.82, 2.24) is 25.4 Å². The predicted molar refractivity (Wildman–Crippen MR) is 117 cm³/mol. The molecule has 0 aromatic carbocycles. The van der Waals surface area contributed by atoms with Crippen molar-refractivity contribution in [3.05, 3.63) is 11.6 Å². The maximum Gasteiger partial charge on any atom is 0.191 e. The van der Waals surface area contributed by atoms with E-state index in [0.717, 1.165) is 50.7 Å². The highest BCUT2D eigenvalue weighted by atomic mass is 127. The molecule has 0 atom stereocenters. The van der Waals surface area contributed by atoms with Crippen LogP contribution in [0.4, 0.5) is 0 Å². The van der Waals surface area contributed by atoms with E-state index < -0.39 is 0 Å². The lowest BCUT2D eigenvalue weighted by Gasteiger charge is -2.24. The van der Waals surface area contributed by atoms with Gasteiger partial charge in [-0.25, -0.2) is 0 Å². The van der Waals surface area contributed by atoms with Crippen molar-refractivity contribution in [2.45, 2.75) is 90.1 Å². The molecular formula is C19H35IN6. The first kappa shape index (κ1) is 21.4. The van der Waals surface area contributed by atoms with Crippen LogP contribution in [0.5, 0.6) is 0 Å². The van der Waals surface area contributed by atoms with Gasteiger partial charge >= 0.3 is 0 Å². The van der Waals surface area contributed by atoms with Gasteiger partial charge in [0, 0.05) is 38.5 Å². The van der Waals surface area contributed by atoms with Gasteiger partial charge in [-0.05, 0) is 39.0 Å². The monoisotopic (exact) mass is 474 g/mol. The fraction of sp³-hybridized carbons (Fsp3) is 0.842. The van der Waals surface area contributed by atoms with E-state index in [1.807, 2.05) is 0 Å². The van der Waals surface area contributed by atoms with Crippen molar-refractivity contribution in [1.29, 1.82) is 0 Å². The van der Waals surface area contributed by atoms with Crippen LogP contribution >= 0.6 is 24.0 Å². The Labute approximate surface area is 175 Å². The number of aryl methyl sites for hydroxylation is 2. The summed E-state index contributed by atoms with van der Waals surface area (Å²) in [5.74, 6) is 3.31. The maximum atomic E-state index is 4.77. The first-order valence-electron chi connectivity index (χ1n) is 10.3. The molecule has 2 aliphatic rings. The van der Waals surface area contributed by atoms with Gasteiger partial charge in [-0.2, -0.15) is 0 Å². The molecule has 7 heteroatoms. The highest BCUT2D eigenvalue weighted by Gasteiger charge is 2.15. The molecule has 1 saturated carbocycles. The lowest BCUT2D eigenvalue weighted by Crippen LogP contribution is -2.44. The Morgan fingerprint density at radius 1 is 1.12 bits per heavy atom. The Hall–Kier alpha value is -0.860. The minimum atomic E-state index is 0. The Morgan fingerprint density at radius 2 is 1.92 bits per heavy atom. The molecule has 2 N–H and O–H groups in total. The standard InChI is InChI=1S/C19H34N6.HI/c1-2-20-19(22-16-10-5-3-6-11-16)21-14-9-13-18-24-23-17-12-7-4-8-15-25(17)18;/h16H,2-15H2,1H3,(H2,20,21,22);1H. The first-order valence-corrected chi connectivity index (χ1v) is 10.3. The van der Waals surface area contributed by atoms with E-state index in [9.17, 15) is 0 Å². The third-order valence-corrected chi connectivity index (χ3v) is 5.30. The van der Waals surface area contributed by atoms with Crippen LogP contribution < -0.4 is 10.6 Å². The van der Waals surface area contributed by atoms with Gasteiger partial charge in [0.2, 0.25) is 0 Å². The minimum Gasteiger partial charge on any atom is -0.357 e. The van der Waals surface area contributed by atoms with Crippen LogP contribution in [-0.2, 0) is 19.4 Å². The summed E-state index contributed by atoms with van der Waals surface area (Å²) in [6.45, 7) is 4.97. The molecule has 26 heavy (non-hydrogen) atoms. The highest BCUT2D eigenvalue weighted by Crippen LogP contribution is 2.17. The van der Waals surface area contributed by atoms with Crippen molar-refractivity contribution in [2.75, 3.05) is 13.1 Å². The molecule has 148 valence electrons. The van der Waals surface area contributed by atoms with Gasteiger partial charge < -0.3 is 15.2 Å². The Kier molecular flexibility index (Phi) is 9.71. The van der Waals surface area contributed by atoms with E-state index in [4.69, 9.17) is 4.99 Å². The van der Waals surface area contributed by atoms with E-state index >= 15 is 0 Å². The number of hydrogen-bond donors (Lipinski definition) is 2. The fourth-order valence-electron chi connectivity index (χ4n) is 3.92. The molecule has 0 bridgehead atoms. The van der Waals surface area contributed by atoms with Crippen LogP contribution in [0.3, 0.4) is 0 Å². The van der Waals surface area contributed by atoms with E-state index in [1.165, 1.54) is 57.2 Å². The first-order chi connectivity index (χ1) is 12.4. The zero-order valence-corrected chi connectivity index (χ0v) is 18.5. The normalized spacial score (nSPS) is 18.6. The zero-order chi connectivity index (χ0) is 17.3. The predicted octanol–water partition coefficient (Wildman–Crippen LogP) is 3.44. The average molecular weight is 474 g/mol. The van der Waals surface area contributed by atoms with Gasteiger partial charge in [-0.15, -0.1) is 34.2 Å². The van der Waals surface area contributed by atoms with E-state index in [-0.39, 0.29) is 24.0 Å². The van der Waals surface area contributed by atoms with Crippen LogP contribution in [0.15, 0.2) is 4.99 Å². The van der Waals surface area contributed by atoms with Crippen molar-refractivity contribution in [3.8, 4) is 0 Å². The molecule has 0 amide bonds. The summed E-state index contributed by atoms with van der Waals surface area (Å²) in [4.78, 5) is 4.77. The lowest BCUT2D eigenvalue weighted by atomic mass is 9.96. The maximum absolute atomic E-state index is 4.77. The molecule has 3 rings (SSSR count). The van der Waals surface area contributed by atoms with Crippen LogP contribution in [0, 0.1) is 0 Å². The van der Waals surface area contributed by atoms with E-state index in [1.54, 1.807) is 0 Å². The molecule has 0 saturated heterocycles. The summed E-state index contributed by atoms with van der Waals surface area (Å²) >= 11 is 0. The molecule has 1 aliphatic heterocycles. The molecule has 2 heterocycles. The number of fused-ring (bicyclic) bond motifs is 1. The highest BCUT2D eigenvalue weighted by molar-refractivity contribution is 14.0. The summed E-state index contributed by atoms with van der Waals surface area (Å²) in [5, 5.41) is 15.8. The summed E-state index contributed by atoms with van der Waals surface area (Å²) < 4.78 is 2.35. The van der Waals surface area contributed by atoms with Gasteiger partial charge in [0.25, 0.3) is 0 Å². The number of halogens is 1. The Bertz CT molecular complexity index is 550. The quantitative estimate of drug-likeness (QED) is 0.287. The summed E-state index contributed by atoms with van der Waals surface area (Å²) in [5.41, 5.74) is 0. The molecule has 1 aromatic heterocycles. The number of nitrogens with one attached hydrogen (secondary N) is 2. The van der Waals surface area contributed by atoms with Crippen LogP contribution in [0.2, 0.25) is 0 Å². The van der Waals surface area contributed by atoms with E-state index in [2.05, 4.69) is 32.3 Å². The second-order valence-electron chi connectivity index (χ2n) is 7.34. The third-order valence-electron chi connectivity index (χ3n) is 5.30. The van der Waals surface area contributed by atoms with Gasteiger partial charge in [-0.3, -0.25) is 4.99 Å². The molecule has 1 fully saturated rings. The number of nitrogens with zero attached hydrogens (tertiary/aromatic N) is 4. The average Bonchev–Trinajstić information content (AvgIpc) is 2.86. The molecule has 6 nitrogen and oxygen atoms in total. The molecule has 0 spiro atoms. The lowest BCUT2D eigenvalue weighted by molar-refractivity contribution is 0.410. The number of hydrogen-bond acceptors (Lipinski definition) is 3. The molecule has 0 unspecified atom stereocenters. The smallest absolute Gasteiger partial charge is 0.191 e. The van der Waals surface area contributed by atoms with Gasteiger partial charge in [0.05, 0.1) is 0 Å². The second kappa shape index (κ2) is 11.8. The molecule has 0 radical (unpaired) electrons. The topological polar surface area (TPSA) is 67.1 Å². The molecule has 1 aromatic rings. The largest absolute Gasteiger partial charge is 0.357 e. The van der Waals surface area contributed by atoms with Crippen molar-refractivity contribution in [2.24, 2.45) is 4.99 Å². The van der Waals surface area contributed by atoms with Crippen LogP contribution in [0.25, 0.3) is 0 Å². The summed E-state index contributed by atoms with van der Waals surface area (Å²) in [6.07, 6.45) is 13.5. The van der Waals surface area contributed by atoms with Gasteiger partial charge in [0.15, 0.2) is 5.96 Å². The summed E-state index contributed by atoms with van der Waals surface area (Å²) in [7, 11) is 0. The third kappa shape index (κ3) is 6.39. The van der Waals surface area contributed by atoms with Crippen LogP contribution in [-0.4, -0.2) is 39.9 Å². The number of rotatable bonds is 6. The van der Waals surface area contributed by atoms with Crippen molar-refractivity contribution >= 4 is 29.9 Å². The van der Waals surface area contributed by atoms with Crippen molar-refractivity contribution in [3.63, 3.8) is 0 Å². The second-order valence-corrected chi connectivity index (χ2v) is 7.34. The number of guanidine groups is 1. The van der Waals surface area contributed by atoms with Crippen LogP contribution in [0.1, 0.15) is 76.4 Å². The summed E-state index contributed by atoms with van der Waals surface area (Å²) in [6, 6.07) is 0.596. The molecule has 1 aliphatic carbocycles. The fourth-order valence-corrected chi connectivity index (χ4v) is 3.92. The van der Waals surface area contributed by atoms with E-state index in [0.29, 0.717) is 6.04 Å². The number of aliphatic imine (C=N–C) groups is 1. The Balaban J connectivity index is 0.00000243. The van der Waals surface area contributed by atoms with Gasteiger partial charge in [-0.1, -0.05) is 25.7 Å². The Morgan fingerprint density at radius 3 is 2.73 bits per heavy atom. The van der Waals surface area contributed by atoms with Crippen molar-refractivity contribution < 1.29 is 0 Å². The minimum absolute atomic E-state index is 0. The number of aromatic nitrogens is 3. The zero-order valence-electron chi connectivity index (χ0n) is 16.2.